The van der Waals surface area contributed by atoms with Crippen LogP contribution in [0.25, 0.3) is 11.1 Å². The first-order chi connectivity index (χ1) is 17.0. The number of carbonyl (C=O) groups excluding carboxylic acids is 2. The van der Waals surface area contributed by atoms with Gasteiger partial charge in [-0.3, -0.25) is 4.79 Å². The van der Waals surface area contributed by atoms with Gasteiger partial charge in [0.2, 0.25) is 5.91 Å². The SMILES string of the molecule is O=C(NCCCC(=O)N1Cc2cccc(C(=O)O)c2C1)OCC1c2ccccc2-c2ccccc21. The van der Waals surface area contributed by atoms with Crippen LogP contribution >= 0.6 is 0 Å². The molecule has 2 amide bonds. The van der Waals surface area contributed by atoms with Crippen molar-refractivity contribution in [3.63, 3.8) is 0 Å². The fourth-order valence-electron chi connectivity index (χ4n) is 5.04. The van der Waals surface area contributed by atoms with E-state index in [1.54, 1.807) is 17.0 Å². The number of ether oxygens (including phenoxy) is 1. The number of hydrogen-bond donors (Lipinski definition) is 2. The topological polar surface area (TPSA) is 95.9 Å². The van der Waals surface area contributed by atoms with E-state index >= 15 is 0 Å². The summed E-state index contributed by atoms with van der Waals surface area (Å²) in [7, 11) is 0. The van der Waals surface area contributed by atoms with Crippen molar-refractivity contribution < 1.29 is 24.2 Å². The zero-order valence-electron chi connectivity index (χ0n) is 19.2. The molecule has 1 heterocycles. The molecular formula is C28H26N2O5. The van der Waals surface area contributed by atoms with Crippen molar-refractivity contribution in [1.82, 2.24) is 10.2 Å². The fourth-order valence-corrected chi connectivity index (χ4v) is 5.04. The summed E-state index contributed by atoms with van der Waals surface area (Å²) in [4.78, 5) is 38.0. The lowest BCUT2D eigenvalue weighted by Gasteiger charge is -2.16. The zero-order valence-corrected chi connectivity index (χ0v) is 19.2. The van der Waals surface area contributed by atoms with Gasteiger partial charge in [-0.1, -0.05) is 60.7 Å². The molecule has 0 unspecified atom stereocenters. The van der Waals surface area contributed by atoms with Gasteiger partial charge in [-0.15, -0.1) is 0 Å². The van der Waals surface area contributed by atoms with Crippen LogP contribution < -0.4 is 5.32 Å². The van der Waals surface area contributed by atoms with Crippen LogP contribution in [-0.2, 0) is 22.6 Å². The highest BCUT2D eigenvalue weighted by molar-refractivity contribution is 5.90. The van der Waals surface area contributed by atoms with E-state index in [0.29, 0.717) is 31.6 Å². The molecule has 0 bridgehead atoms. The van der Waals surface area contributed by atoms with Gasteiger partial charge in [-0.2, -0.15) is 0 Å². The van der Waals surface area contributed by atoms with Crippen molar-refractivity contribution in [2.24, 2.45) is 0 Å². The minimum absolute atomic E-state index is 0.00206. The Bertz CT molecular complexity index is 1260. The Morgan fingerprint density at radius 3 is 2.29 bits per heavy atom. The molecule has 0 atom stereocenters. The quantitative estimate of drug-likeness (QED) is 0.494. The van der Waals surface area contributed by atoms with Crippen molar-refractivity contribution in [1.29, 1.82) is 0 Å². The molecule has 3 aromatic rings. The summed E-state index contributed by atoms with van der Waals surface area (Å²) in [6, 6.07) is 21.5. The van der Waals surface area contributed by atoms with E-state index in [4.69, 9.17) is 4.74 Å². The number of nitrogens with zero attached hydrogens (tertiary/aromatic N) is 1. The monoisotopic (exact) mass is 470 g/mol. The molecule has 35 heavy (non-hydrogen) atoms. The molecule has 2 N–H and O–H groups in total. The van der Waals surface area contributed by atoms with Crippen LogP contribution in [0.1, 0.15) is 51.4 Å². The smallest absolute Gasteiger partial charge is 0.407 e. The van der Waals surface area contributed by atoms with Crippen molar-refractivity contribution >= 4 is 18.0 Å². The highest BCUT2D eigenvalue weighted by Gasteiger charge is 2.29. The Hall–Kier alpha value is -4.13. The first kappa shape index (κ1) is 22.7. The van der Waals surface area contributed by atoms with Gasteiger partial charge in [0.15, 0.2) is 0 Å². The number of carboxylic acid groups (broad SMARTS) is 1. The van der Waals surface area contributed by atoms with E-state index in [-0.39, 0.29) is 30.4 Å². The Morgan fingerprint density at radius 1 is 0.914 bits per heavy atom. The van der Waals surface area contributed by atoms with Crippen LogP contribution in [0.2, 0.25) is 0 Å². The van der Waals surface area contributed by atoms with Gasteiger partial charge >= 0.3 is 12.1 Å². The number of hydrogen-bond acceptors (Lipinski definition) is 4. The summed E-state index contributed by atoms with van der Waals surface area (Å²) in [6.07, 6.45) is 0.237. The van der Waals surface area contributed by atoms with Crippen LogP contribution in [-0.4, -0.2) is 41.1 Å². The maximum atomic E-state index is 12.6. The third kappa shape index (κ3) is 4.49. The first-order valence-corrected chi connectivity index (χ1v) is 11.7. The van der Waals surface area contributed by atoms with Crippen molar-refractivity contribution in [2.75, 3.05) is 13.2 Å². The van der Waals surface area contributed by atoms with Gasteiger partial charge in [-0.05, 0) is 45.9 Å². The van der Waals surface area contributed by atoms with Crippen molar-refractivity contribution in [3.05, 3.63) is 94.5 Å². The lowest BCUT2D eigenvalue weighted by Crippen LogP contribution is -2.29. The highest BCUT2D eigenvalue weighted by Crippen LogP contribution is 2.44. The first-order valence-electron chi connectivity index (χ1n) is 11.7. The van der Waals surface area contributed by atoms with Crippen LogP contribution in [0, 0.1) is 0 Å². The number of nitrogens with one attached hydrogen (secondary N) is 1. The number of amides is 2. The van der Waals surface area contributed by atoms with Gasteiger partial charge in [0.25, 0.3) is 0 Å². The second-order valence-electron chi connectivity index (χ2n) is 8.85. The van der Waals surface area contributed by atoms with Crippen LogP contribution in [0.4, 0.5) is 4.79 Å². The molecule has 5 rings (SSSR count). The molecule has 0 spiro atoms. The molecule has 3 aromatic carbocycles. The Labute approximate surface area is 203 Å². The fraction of sp³-hybridized carbons (Fsp3) is 0.250. The normalized spacial score (nSPS) is 13.7. The molecule has 0 saturated heterocycles. The Morgan fingerprint density at radius 2 is 1.60 bits per heavy atom. The summed E-state index contributed by atoms with van der Waals surface area (Å²) in [5.41, 5.74) is 6.48. The molecule has 178 valence electrons. The van der Waals surface area contributed by atoms with Crippen LogP contribution in [0.3, 0.4) is 0 Å². The number of carboxylic acids is 1. The molecule has 0 radical (unpaired) electrons. The molecular weight excluding hydrogens is 444 g/mol. The van der Waals surface area contributed by atoms with Gasteiger partial charge in [0.05, 0.1) is 5.56 Å². The summed E-state index contributed by atoms with van der Waals surface area (Å²) in [5.74, 6) is -1.04. The van der Waals surface area contributed by atoms with Crippen LogP contribution in [0.15, 0.2) is 66.7 Å². The summed E-state index contributed by atoms with van der Waals surface area (Å²) >= 11 is 0. The van der Waals surface area contributed by atoms with E-state index < -0.39 is 12.1 Å². The van der Waals surface area contributed by atoms with E-state index in [2.05, 4.69) is 29.6 Å². The molecule has 0 saturated carbocycles. The molecule has 1 aliphatic heterocycles. The number of fused-ring (bicyclic) bond motifs is 4. The number of carbonyl (C=O) groups is 3. The molecule has 7 heteroatoms. The Kier molecular flexibility index (Phi) is 6.23. The highest BCUT2D eigenvalue weighted by atomic mass is 16.5. The standard InChI is InChI=1S/C28H26N2O5/c31-26(30-15-18-7-5-12-23(27(32)33)24(18)16-30)13-6-14-29-28(34)35-17-25-21-10-3-1-8-19(21)20-9-2-4-11-22(20)25/h1-5,7-12,25H,6,13-17H2,(H,29,34)(H,32,33). The number of aromatic carboxylic acids is 1. The second kappa shape index (κ2) is 9.62. The summed E-state index contributed by atoms with van der Waals surface area (Å²) < 4.78 is 5.52. The average Bonchev–Trinajstić information content (AvgIpc) is 3.45. The molecule has 1 aliphatic carbocycles. The van der Waals surface area contributed by atoms with Gasteiger partial charge < -0.3 is 20.1 Å². The van der Waals surface area contributed by atoms with E-state index in [1.807, 2.05) is 30.3 Å². The number of benzene rings is 3. The minimum atomic E-state index is -0.983. The maximum Gasteiger partial charge on any atom is 0.407 e. The molecule has 0 aromatic heterocycles. The zero-order chi connectivity index (χ0) is 24.4. The van der Waals surface area contributed by atoms with Gasteiger partial charge in [0, 0.05) is 32.0 Å². The summed E-state index contributed by atoms with van der Waals surface area (Å²) in [6.45, 7) is 1.28. The van der Waals surface area contributed by atoms with E-state index in [9.17, 15) is 19.5 Å². The Balaban J connectivity index is 1.08. The third-order valence-electron chi connectivity index (χ3n) is 6.75. The number of alkyl carbamates (subject to hydrolysis) is 1. The predicted octanol–water partition coefficient (Wildman–Crippen LogP) is 4.55. The van der Waals surface area contributed by atoms with Crippen molar-refractivity contribution in [3.8, 4) is 11.1 Å². The largest absolute Gasteiger partial charge is 0.478 e. The second-order valence-corrected chi connectivity index (χ2v) is 8.85. The van der Waals surface area contributed by atoms with E-state index in [1.165, 1.54) is 11.1 Å². The maximum absolute atomic E-state index is 12.6. The molecule has 0 fully saturated rings. The lowest BCUT2D eigenvalue weighted by molar-refractivity contribution is -0.131. The predicted molar refractivity (Wildman–Crippen MR) is 130 cm³/mol. The molecule has 7 nitrogen and oxygen atoms in total. The third-order valence-corrected chi connectivity index (χ3v) is 6.75. The van der Waals surface area contributed by atoms with E-state index in [0.717, 1.165) is 16.7 Å². The lowest BCUT2D eigenvalue weighted by atomic mass is 9.98. The van der Waals surface area contributed by atoms with Crippen molar-refractivity contribution in [2.45, 2.75) is 31.8 Å². The van der Waals surface area contributed by atoms with Crippen LogP contribution in [0.5, 0.6) is 0 Å². The minimum Gasteiger partial charge on any atom is -0.478 e. The summed E-state index contributed by atoms with van der Waals surface area (Å²) in [5, 5.41) is 12.1. The molecule has 2 aliphatic rings. The average molecular weight is 471 g/mol. The number of rotatable bonds is 7. The van der Waals surface area contributed by atoms with Gasteiger partial charge in [-0.25, -0.2) is 9.59 Å². The van der Waals surface area contributed by atoms with Gasteiger partial charge in [0.1, 0.15) is 6.61 Å².